The van der Waals surface area contributed by atoms with Gasteiger partial charge in [0.25, 0.3) is 0 Å². The van der Waals surface area contributed by atoms with Crippen molar-refractivity contribution in [2.45, 2.75) is 0 Å². The van der Waals surface area contributed by atoms with Crippen molar-refractivity contribution in [3.63, 3.8) is 0 Å². The van der Waals surface area contributed by atoms with Crippen molar-refractivity contribution in [3.05, 3.63) is 36.8 Å². The van der Waals surface area contributed by atoms with E-state index in [1.165, 1.54) is 0 Å². The average molecular weight is 320 g/mol. The average Bonchev–Trinajstić information content (AvgIpc) is 3.29. The molecule has 5 rings (SSSR count). The molecule has 2 N–H and O–H groups in total. The Morgan fingerprint density at radius 1 is 1.04 bits per heavy atom. The van der Waals surface area contributed by atoms with Gasteiger partial charge in [-0.15, -0.1) is 0 Å². The van der Waals surface area contributed by atoms with E-state index < -0.39 is 0 Å². The van der Waals surface area contributed by atoms with Crippen molar-refractivity contribution < 1.29 is 4.74 Å². The third-order valence-corrected chi connectivity index (χ3v) is 4.38. The molecule has 1 fully saturated rings. The fraction of sp³-hybridized carbons (Fsp3) is 0.235. The van der Waals surface area contributed by atoms with Gasteiger partial charge in [-0.2, -0.15) is 0 Å². The smallest absolute Gasteiger partial charge is 0.163 e. The van der Waals surface area contributed by atoms with Gasteiger partial charge in [-0.25, -0.2) is 15.0 Å². The van der Waals surface area contributed by atoms with Crippen molar-refractivity contribution in [3.8, 4) is 11.4 Å². The van der Waals surface area contributed by atoms with Gasteiger partial charge in [-0.3, -0.25) is 0 Å². The van der Waals surface area contributed by atoms with Gasteiger partial charge in [-0.05, 0) is 24.3 Å². The van der Waals surface area contributed by atoms with Crippen LogP contribution in [-0.4, -0.2) is 51.2 Å². The van der Waals surface area contributed by atoms with E-state index in [2.05, 4.69) is 19.9 Å². The summed E-state index contributed by atoms with van der Waals surface area (Å²) in [5.41, 5.74) is 3.74. The summed E-state index contributed by atoms with van der Waals surface area (Å²) < 4.78 is 5.46. The van der Waals surface area contributed by atoms with E-state index in [4.69, 9.17) is 14.7 Å². The molecule has 7 nitrogen and oxygen atoms in total. The Kier molecular flexibility index (Phi) is 2.99. The van der Waals surface area contributed by atoms with Gasteiger partial charge in [-0.1, -0.05) is 0 Å². The van der Waals surface area contributed by atoms with Gasteiger partial charge in [0.1, 0.15) is 11.5 Å². The second kappa shape index (κ2) is 5.31. The lowest BCUT2D eigenvalue weighted by atomic mass is 10.2. The van der Waals surface area contributed by atoms with E-state index in [9.17, 15) is 0 Å². The van der Waals surface area contributed by atoms with Crippen LogP contribution >= 0.6 is 0 Å². The maximum atomic E-state index is 5.46. The number of nitrogens with one attached hydrogen (secondary N) is 2. The molecule has 3 aromatic heterocycles. The van der Waals surface area contributed by atoms with Crippen LogP contribution in [0.4, 0.5) is 5.82 Å². The fourth-order valence-corrected chi connectivity index (χ4v) is 3.14. The Labute approximate surface area is 137 Å². The van der Waals surface area contributed by atoms with E-state index in [0.717, 1.165) is 59.8 Å². The lowest BCUT2D eigenvalue weighted by molar-refractivity contribution is 0.122. The topological polar surface area (TPSA) is 82.7 Å². The molecule has 0 bridgehead atoms. The van der Waals surface area contributed by atoms with Gasteiger partial charge in [0.05, 0.1) is 36.0 Å². The molecule has 1 aliphatic rings. The molecule has 1 saturated heterocycles. The number of fused-ring (bicyclic) bond motifs is 2. The predicted octanol–water partition coefficient (Wildman–Crippen LogP) is 2.34. The predicted molar refractivity (Wildman–Crippen MR) is 92.0 cm³/mol. The SMILES string of the molecule is c1nc2ccc(-c3nc(N4CCOCC4)c4cc[nH]c4n3)cc2[nH]1. The molecule has 0 spiro atoms. The summed E-state index contributed by atoms with van der Waals surface area (Å²) in [4.78, 5) is 22.4. The van der Waals surface area contributed by atoms with E-state index in [0.29, 0.717) is 5.82 Å². The minimum atomic E-state index is 0.711. The Morgan fingerprint density at radius 3 is 2.88 bits per heavy atom. The first-order valence-corrected chi connectivity index (χ1v) is 8.00. The maximum Gasteiger partial charge on any atom is 0.163 e. The lowest BCUT2D eigenvalue weighted by Gasteiger charge is -2.28. The first-order chi connectivity index (χ1) is 11.9. The zero-order chi connectivity index (χ0) is 15.9. The fourth-order valence-electron chi connectivity index (χ4n) is 3.14. The molecule has 120 valence electrons. The third kappa shape index (κ3) is 2.13. The van der Waals surface area contributed by atoms with E-state index >= 15 is 0 Å². The summed E-state index contributed by atoms with van der Waals surface area (Å²) >= 11 is 0. The number of rotatable bonds is 2. The Bertz CT molecular complexity index is 1010. The molecule has 24 heavy (non-hydrogen) atoms. The number of hydrogen-bond acceptors (Lipinski definition) is 5. The Hall–Kier alpha value is -2.93. The highest BCUT2D eigenvalue weighted by atomic mass is 16.5. The molecule has 0 saturated carbocycles. The molecule has 0 aliphatic carbocycles. The molecule has 1 aromatic carbocycles. The molecular weight excluding hydrogens is 304 g/mol. The van der Waals surface area contributed by atoms with Gasteiger partial charge in [0.2, 0.25) is 0 Å². The number of morpholine rings is 1. The van der Waals surface area contributed by atoms with Crippen molar-refractivity contribution in [2.24, 2.45) is 0 Å². The van der Waals surface area contributed by atoms with Gasteiger partial charge in [0.15, 0.2) is 5.82 Å². The molecule has 7 heteroatoms. The molecule has 4 aromatic rings. The summed E-state index contributed by atoms with van der Waals surface area (Å²) in [5.74, 6) is 1.67. The van der Waals surface area contributed by atoms with Crippen LogP contribution in [0.5, 0.6) is 0 Å². The molecule has 0 radical (unpaired) electrons. The highest BCUT2D eigenvalue weighted by molar-refractivity contribution is 5.90. The van der Waals surface area contributed by atoms with Crippen molar-refractivity contribution >= 4 is 27.9 Å². The summed E-state index contributed by atoms with van der Waals surface area (Å²) in [7, 11) is 0. The quantitative estimate of drug-likeness (QED) is 0.592. The van der Waals surface area contributed by atoms with Crippen LogP contribution in [0.25, 0.3) is 33.5 Å². The number of H-pyrrole nitrogens is 2. The van der Waals surface area contributed by atoms with Gasteiger partial charge < -0.3 is 19.6 Å². The van der Waals surface area contributed by atoms with Gasteiger partial charge in [0, 0.05) is 24.8 Å². The molecular formula is C17H16N6O. The number of imidazole rings is 1. The van der Waals surface area contributed by atoms with E-state index in [-0.39, 0.29) is 0 Å². The monoisotopic (exact) mass is 320 g/mol. The number of anilines is 1. The first-order valence-electron chi connectivity index (χ1n) is 8.00. The number of hydrogen-bond donors (Lipinski definition) is 2. The minimum absolute atomic E-state index is 0.711. The number of benzene rings is 1. The lowest BCUT2D eigenvalue weighted by Crippen LogP contribution is -2.37. The van der Waals surface area contributed by atoms with Crippen LogP contribution in [0, 0.1) is 0 Å². The molecule has 0 atom stereocenters. The van der Waals surface area contributed by atoms with Crippen molar-refractivity contribution in [1.29, 1.82) is 0 Å². The number of aromatic nitrogens is 5. The van der Waals surface area contributed by atoms with Crippen LogP contribution in [0.3, 0.4) is 0 Å². The van der Waals surface area contributed by atoms with E-state index in [1.807, 2.05) is 30.5 Å². The number of nitrogens with zero attached hydrogens (tertiary/aromatic N) is 4. The minimum Gasteiger partial charge on any atom is -0.378 e. The molecule has 0 unspecified atom stereocenters. The second-order valence-corrected chi connectivity index (χ2v) is 5.84. The first kappa shape index (κ1) is 13.5. The normalized spacial score (nSPS) is 15.4. The number of ether oxygens (including phenoxy) is 1. The van der Waals surface area contributed by atoms with Crippen molar-refractivity contribution in [1.82, 2.24) is 24.9 Å². The zero-order valence-electron chi connectivity index (χ0n) is 13.0. The Balaban J connectivity index is 1.67. The summed E-state index contributed by atoms with van der Waals surface area (Å²) in [6, 6.07) is 8.06. The summed E-state index contributed by atoms with van der Waals surface area (Å²) in [6.07, 6.45) is 3.60. The third-order valence-electron chi connectivity index (χ3n) is 4.38. The van der Waals surface area contributed by atoms with E-state index in [1.54, 1.807) is 6.33 Å². The Morgan fingerprint density at radius 2 is 1.96 bits per heavy atom. The van der Waals surface area contributed by atoms with Crippen LogP contribution in [0.1, 0.15) is 0 Å². The standard InChI is InChI=1S/C17H16N6O/c1-2-13-14(20-10-19-13)9-11(1)15-21-16-12(3-4-18-16)17(22-15)23-5-7-24-8-6-23/h1-4,9-10H,5-8H2,(H,19,20)(H,18,21,22). The molecule has 0 amide bonds. The summed E-state index contributed by atoms with van der Waals surface area (Å²) in [6.45, 7) is 3.14. The van der Waals surface area contributed by atoms with Gasteiger partial charge >= 0.3 is 0 Å². The van der Waals surface area contributed by atoms with Crippen LogP contribution in [-0.2, 0) is 4.74 Å². The largest absolute Gasteiger partial charge is 0.378 e. The highest BCUT2D eigenvalue weighted by Crippen LogP contribution is 2.28. The van der Waals surface area contributed by atoms with Crippen LogP contribution in [0.15, 0.2) is 36.8 Å². The number of aromatic amines is 2. The maximum absolute atomic E-state index is 5.46. The highest BCUT2D eigenvalue weighted by Gasteiger charge is 2.18. The van der Waals surface area contributed by atoms with Crippen LogP contribution in [0.2, 0.25) is 0 Å². The molecule has 1 aliphatic heterocycles. The second-order valence-electron chi connectivity index (χ2n) is 5.84. The molecule has 4 heterocycles. The van der Waals surface area contributed by atoms with Crippen LogP contribution < -0.4 is 4.90 Å². The zero-order valence-corrected chi connectivity index (χ0v) is 13.0. The summed E-state index contributed by atoms with van der Waals surface area (Å²) in [5, 5.41) is 1.04. The van der Waals surface area contributed by atoms with Crippen molar-refractivity contribution in [2.75, 3.05) is 31.2 Å².